The molecule has 21 heavy (non-hydrogen) atoms. The van der Waals surface area contributed by atoms with Gasteiger partial charge in [0.05, 0.1) is 26.5 Å². The van der Waals surface area contributed by atoms with Crippen molar-refractivity contribution in [3.05, 3.63) is 11.9 Å². The number of nitrogens with one attached hydrogen (secondary N) is 1. The van der Waals surface area contributed by atoms with E-state index in [2.05, 4.69) is 22.2 Å². The van der Waals surface area contributed by atoms with Crippen molar-refractivity contribution in [1.29, 1.82) is 0 Å². The van der Waals surface area contributed by atoms with Crippen molar-refractivity contribution in [3.8, 4) is 11.8 Å². The molecule has 1 atom stereocenters. The van der Waals surface area contributed by atoms with Gasteiger partial charge in [-0.25, -0.2) is 4.98 Å². The first-order valence-corrected chi connectivity index (χ1v) is 7.56. The van der Waals surface area contributed by atoms with Crippen LogP contribution in [0.4, 0.5) is 0 Å². The third kappa shape index (κ3) is 4.04. The Bertz CT molecular complexity index is 436. The fourth-order valence-electron chi connectivity index (χ4n) is 2.66. The molecule has 1 aromatic rings. The van der Waals surface area contributed by atoms with Crippen LogP contribution in [-0.2, 0) is 4.74 Å². The molecule has 0 aromatic carbocycles. The fourth-order valence-corrected chi connectivity index (χ4v) is 2.66. The third-order valence-electron chi connectivity index (χ3n) is 3.79. The molecule has 1 unspecified atom stereocenters. The minimum absolute atomic E-state index is 0.141. The Morgan fingerprint density at radius 2 is 2.10 bits per heavy atom. The highest BCUT2D eigenvalue weighted by molar-refractivity contribution is 5.26. The average molecular weight is 295 g/mol. The molecule has 1 saturated heterocycles. The second-order valence-electron chi connectivity index (χ2n) is 5.19. The highest BCUT2D eigenvalue weighted by atomic mass is 16.5. The number of nitrogens with zero attached hydrogens (tertiary/aromatic N) is 2. The van der Waals surface area contributed by atoms with Crippen molar-refractivity contribution in [2.45, 2.75) is 32.2 Å². The van der Waals surface area contributed by atoms with Crippen LogP contribution in [0.25, 0.3) is 0 Å². The van der Waals surface area contributed by atoms with Gasteiger partial charge in [-0.05, 0) is 31.7 Å². The van der Waals surface area contributed by atoms with Crippen LogP contribution in [0, 0.1) is 5.92 Å². The van der Waals surface area contributed by atoms with E-state index < -0.39 is 0 Å². The van der Waals surface area contributed by atoms with Gasteiger partial charge >= 0.3 is 0 Å². The van der Waals surface area contributed by atoms with Crippen molar-refractivity contribution in [3.63, 3.8) is 0 Å². The van der Waals surface area contributed by atoms with E-state index in [-0.39, 0.29) is 6.04 Å². The van der Waals surface area contributed by atoms with Crippen LogP contribution in [0.3, 0.4) is 0 Å². The summed E-state index contributed by atoms with van der Waals surface area (Å²) in [5, 5.41) is 3.59. The van der Waals surface area contributed by atoms with Crippen LogP contribution < -0.4 is 14.8 Å². The first kappa shape index (κ1) is 16.0. The molecule has 0 bridgehead atoms. The summed E-state index contributed by atoms with van der Waals surface area (Å²) in [7, 11) is 3.20. The Labute approximate surface area is 126 Å². The molecule has 2 heterocycles. The summed E-state index contributed by atoms with van der Waals surface area (Å²) in [6.07, 6.45) is 4.78. The van der Waals surface area contributed by atoms with E-state index in [1.54, 1.807) is 20.4 Å². The van der Waals surface area contributed by atoms with Crippen LogP contribution in [0.15, 0.2) is 6.20 Å². The molecular formula is C15H25N3O3. The van der Waals surface area contributed by atoms with Crippen molar-refractivity contribution in [2.24, 2.45) is 5.92 Å². The van der Waals surface area contributed by atoms with E-state index in [0.717, 1.165) is 44.7 Å². The molecule has 1 aliphatic heterocycles. The van der Waals surface area contributed by atoms with Crippen molar-refractivity contribution in [1.82, 2.24) is 15.3 Å². The highest BCUT2D eigenvalue weighted by Gasteiger charge is 2.29. The summed E-state index contributed by atoms with van der Waals surface area (Å²) in [5.74, 6) is 1.49. The zero-order valence-electron chi connectivity index (χ0n) is 13.1. The summed E-state index contributed by atoms with van der Waals surface area (Å²) >= 11 is 0. The van der Waals surface area contributed by atoms with Crippen LogP contribution in [0.5, 0.6) is 11.8 Å². The van der Waals surface area contributed by atoms with Gasteiger partial charge in [-0.1, -0.05) is 6.92 Å². The molecule has 118 valence electrons. The molecule has 6 nitrogen and oxygen atoms in total. The normalized spacial score (nSPS) is 17.5. The van der Waals surface area contributed by atoms with Crippen LogP contribution in [0.1, 0.15) is 37.9 Å². The van der Waals surface area contributed by atoms with Gasteiger partial charge in [-0.15, -0.1) is 0 Å². The summed E-state index contributed by atoms with van der Waals surface area (Å²) in [6, 6.07) is 0.141. The summed E-state index contributed by atoms with van der Waals surface area (Å²) in [5.41, 5.74) is 0.860. The maximum atomic E-state index is 5.47. The maximum Gasteiger partial charge on any atom is 0.240 e. The Morgan fingerprint density at radius 3 is 2.71 bits per heavy atom. The molecule has 1 N–H and O–H groups in total. The minimum Gasteiger partial charge on any atom is -0.480 e. The number of rotatable bonds is 7. The standard InChI is InChI=1S/C15H25N3O3/c1-4-7-16-13(11-5-8-21-9-6-11)14-15(20-3)18-12(19-2)10-17-14/h10-11,13,16H,4-9H2,1-3H3. The predicted octanol–water partition coefficient (Wildman–Crippen LogP) is 1.96. The van der Waals surface area contributed by atoms with Crippen LogP contribution in [0.2, 0.25) is 0 Å². The van der Waals surface area contributed by atoms with Gasteiger partial charge in [-0.2, -0.15) is 4.98 Å². The average Bonchev–Trinajstić information content (AvgIpc) is 2.56. The molecule has 6 heteroatoms. The van der Waals surface area contributed by atoms with Crippen molar-refractivity contribution >= 4 is 0 Å². The van der Waals surface area contributed by atoms with Gasteiger partial charge in [0.1, 0.15) is 5.69 Å². The monoisotopic (exact) mass is 295 g/mol. The molecule has 1 aromatic heterocycles. The number of hydrogen-bond donors (Lipinski definition) is 1. The van der Waals surface area contributed by atoms with E-state index >= 15 is 0 Å². The summed E-state index contributed by atoms with van der Waals surface area (Å²) in [6.45, 7) is 4.71. The number of methoxy groups -OCH3 is 2. The predicted molar refractivity (Wildman–Crippen MR) is 79.7 cm³/mol. The Morgan fingerprint density at radius 1 is 1.33 bits per heavy atom. The summed E-state index contributed by atoms with van der Waals surface area (Å²) in [4.78, 5) is 8.89. The molecule has 0 radical (unpaired) electrons. The lowest BCUT2D eigenvalue weighted by molar-refractivity contribution is 0.0526. The lowest BCUT2D eigenvalue weighted by Gasteiger charge is -2.31. The molecule has 2 rings (SSSR count). The zero-order valence-corrected chi connectivity index (χ0v) is 13.1. The van der Waals surface area contributed by atoms with Gasteiger partial charge < -0.3 is 19.5 Å². The lowest BCUT2D eigenvalue weighted by atomic mass is 9.89. The van der Waals surface area contributed by atoms with E-state index in [4.69, 9.17) is 14.2 Å². The van der Waals surface area contributed by atoms with E-state index in [1.165, 1.54) is 0 Å². The molecule has 1 aliphatic rings. The van der Waals surface area contributed by atoms with Gasteiger partial charge in [0.2, 0.25) is 11.8 Å². The van der Waals surface area contributed by atoms with E-state index in [9.17, 15) is 0 Å². The molecule has 0 aliphatic carbocycles. The molecule has 1 fully saturated rings. The largest absolute Gasteiger partial charge is 0.480 e. The fraction of sp³-hybridized carbons (Fsp3) is 0.733. The van der Waals surface area contributed by atoms with Crippen LogP contribution in [-0.4, -0.2) is 43.9 Å². The van der Waals surface area contributed by atoms with Crippen molar-refractivity contribution < 1.29 is 14.2 Å². The maximum absolute atomic E-state index is 5.47. The topological polar surface area (TPSA) is 65.5 Å². The number of aromatic nitrogens is 2. The van der Waals surface area contributed by atoms with E-state index in [0.29, 0.717) is 17.7 Å². The molecule has 0 amide bonds. The quantitative estimate of drug-likeness (QED) is 0.829. The second-order valence-corrected chi connectivity index (χ2v) is 5.19. The SMILES string of the molecule is CCCNC(c1ncc(OC)nc1OC)C1CCOCC1. The minimum atomic E-state index is 0.141. The Hall–Kier alpha value is -1.40. The lowest BCUT2D eigenvalue weighted by Crippen LogP contribution is -2.33. The smallest absolute Gasteiger partial charge is 0.240 e. The number of ether oxygens (including phenoxy) is 3. The highest BCUT2D eigenvalue weighted by Crippen LogP contribution is 2.33. The van der Waals surface area contributed by atoms with Crippen LogP contribution >= 0.6 is 0 Å². The molecule has 0 spiro atoms. The van der Waals surface area contributed by atoms with Gasteiger partial charge in [0.25, 0.3) is 0 Å². The zero-order chi connectivity index (χ0) is 15.1. The van der Waals surface area contributed by atoms with Gasteiger partial charge in [0.15, 0.2) is 0 Å². The van der Waals surface area contributed by atoms with Crippen molar-refractivity contribution in [2.75, 3.05) is 34.0 Å². The Kier molecular flexibility index (Phi) is 6.20. The number of hydrogen-bond acceptors (Lipinski definition) is 6. The van der Waals surface area contributed by atoms with E-state index in [1.807, 2.05) is 0 Å². The summed E-state index contributed by atoms with van der Waals surface area (Å²) < 4.78 is 16.0. The third-order valence-corrected chi connectivity index (χ3v) is 3.79. The molecule has 0 saturated carbocycles. The van der Waals surface area contributed by atoms with Gasteiger partial charge in [-0.3, -0.25) is 0 Å². The first-order chi connectivity index (χ1) is 10.3. The Balaban J connectivity index is 2.25. The second kappa shape index (κ2) is 8.14. The van der Waals surface area contributed by atoms with Gasteiger partial charge in [0, 0.05) is 13.2 Å². The molecular weight excluding hydrogens is 270 g/mol. The first-order valence-electron chi connectivity index (χ1n) is 7.56.